The third-order valence-electron chi connectivity index (χ3n) is 7.82. The minimum Gasteiger partial charge on any atom is -0.342 e. The maximum absolute atomic E-state index is 13.6. The molecular formula is C26H38FN3O2. The molecule has 1 aromatic carbocycles. The number of unbranched alkanes of at least 4 members (excludes halogenated alkanes) is 1. The number of hydrogen-bond donors (Lipinski definition) is 1. The Morgan fingerprint density at radius 2 is 1.88 bits per heavy atom. The molecule has 2 amide bonds. The molecule has 3 aliphatic rings. The molecule has 1 unspecified atom stereocenters. The van der Waals surface area contributed by atoms with Gasteiger partial charge in [-0.15, -0.1) is 0 Å². The number of nitrogens with one attached hydrogen (secondary N) is 1. The summed E-state index contributed by atoms with van der Waals surface area (Å²) in [6, 6.07) is 6.35. The fourth-order valence-corrected chi connectivity index (χ4v) is 5.90. The first-order valence-corrected chi connectivity index (χ1v) is 12.6. The fraction of sp³-hybridized carbons (Fsp3) is 0.692. The maximum Gasteiger partial charge on any atom is 0.246 e. The first-order chi connectivity index (χ1) is 15.5. The highest BCUT2D eigenvalue weighted by Gasteiger charge is 2.53. The Morgan fingerprint density at radius 3 is 2.56 bits per heavy atom. The normalized spacial score (nSPS) is 24.7. The van der Waals surface area contributed by atoms with E-state index in [1.165, 1.54) is 38.2 Å². The van der Waals surface area contributed by atoms with Gasteiger partial charge in [-0.1, -0.05) is 57.6 Å². The number of likely N-dealkylation sites (tertiary alicyclic amines) is 1. The molecule has 4 rings (SSSR count). The molecule has 5 nitrogen and oxygen atoms in total. The summed E-state index contributed by atoms with van der Waals surface area (Å²) in [4.78, 5) is 31.3. The molecule has 1 aromatic rings. The lowest BCUT2D eigenvalue weighted by molar-refractivity contribution is -0.162. The minimum absolute atomic E-state index is 0.0411. The van der Waals surface area contributed by atoms with E-state index in [0.29, 0.717) is 31.8 Å². The smallest absolute Gasteiger partial charge is 0.246 e. The fourth-order valence-electron chi connectivity index (χ4n) is 5.90. The average molecular weight is 444 g/mol. The zero-order chi connectivity index (χ0) is 22.6. The molecule has 0 radical (unpaired) electrons. The Balaban J connectivity index is 1.44. The Morgan fingerprint density at radius 1 is 1.12 bits per heavy atom. The number of halogens is 1. The molecule has 2 heterocycles. The van der Waals surface area contributed by atoms with Crippen LogP contribution in [0.2, 0.25) is 0 Å². The van der Waals surface area contributed by atoms with Gasteiger partial charge in [0.2, 0.25) is 11.8 Å². The van der Waals surface area contributed by atoms with Crippen molar-refractivity contribution in [3.05, 3.63) is 35.6 Å². The molecule has 1 N–H and O–H groups in total. The largest absolute Gasteiger partial charge is 0.342 e. The van der Waals surface area contributed by atoms with E-state index in [-0.39, 0.29) is 23.7 Å². The molecule has 0 aromatic heterocycles. The third-order valence-corrected chi connectivity index (χ3v) is 7.82. The Hall–Kier alpha value is -1.95. The number of carbonyl (C=O) groups is 2. The van der Waals surface area contributed by atoms with Crippen LogP contribution in [0.5, 0.6) is 0 Å². The summed E-state index contributed by atoms with van der Waals surface area (Å²) < 4.78 is 13.6. The van der Waals surface area contributed by atoms with Crippen molar-refractivity contribution in [1.82, 2.24) is 15.1 Å². The first-order valence-electron chi connectivity index (χ1n) is 12.6. The van der Waals surface area contributed by atoms with Crippen molar-refractivity contribution in [1.29, 1.82) is 0 Å². The van der Waals surface area contributed by atoms with E-state index in [9.17, 15) is 14.0 Å². The second kappa shape index (κ2) is 10.3. The van der Waals surface area contributed by atoms with Gasteiger partial charge in [0.15, 0.2) is 0 Å². The van der Waals surface area contributed by atoms with E-state index < -0.39 is 5.54 Å². The molecule has 2 aliphatic heterocycles. The van der Waals surface area contributed by atoms with E-state index in [0.717, 1.165) is 37.9 Å². The molecule has 6 heteroatoms. The molecule has 1 atom stereocenters. The lowest BCUT2D eigenvalue weighted by Crippen LogP contribution is -2.73. The van der Waals surface area contributed by atoms with E-state index in [1.54, 1.807) is 12.1 Å². The van der Waals surface area contributed by atoms with Gasteiger partial charge in [-0.05, 0) is 49.3 Å². The molecule has 3 fully saturated rings. The van der Waals surface area contributed by atoms with Crippen LogP contribution in [0.1, 0.15) is 76.7 Å². The van der Waals surface area contributed by atoms with Crippen LogP contribution < -0.4 is 5.32 Å². The van der Waals surface area contributed by atoms with Crippen LogP contribution in [-0.2, 0) is 16.1 Å². The summed E-state index contributed by atoms with van der Waals surface area (Å²) in [6.45, 7) is 4.92. The third kappa shape index (κ3) is 5.00. The van der Waals surface area contributed by atoms with Crippen LogP contribution in [0.25, 0.3) is 0 Å². The highest BCUT2D eigenvalue weighted by molar-refractivity contribution is 6.00. The number of rotatable bonds is 7. The summed E-state index contributed by atoms with van der Waals surface area (Å²) in [6.07, 6.45) is 10.1. The van der Waals surface area contributed by atoms with E-state index in [4.69, 9.17) is 0 Å². The highest BCUT2D eigenvalue weighted by atomic mass is 19.1. The van der Waals surface area contributed by atoms with Gasteiger partial charge in [0, 0.05) is 26.2 Å². The SMILES string of the molecule is CCCCN1C(=O)C(CC2CCCCC2)NC(=O)C12CCN(Cc1cccc(F)c1)CC2. The number of carbonyl (C=O) groups excluding carboxylic acids is 2. The Kier molecular flexibility index (Phi) is 7.49. The standard InChI is InChI=1S/C26H38FN3O2/c1-2-3-14-30-24(31)23(18-20-8-5-4-6-9-20)28-25(32)26(30)12-15-29(16-13-26)19-21-10-7-11-22(27)17-21/h7,10-11,17,20,23H,2-6,8-9,12-16,18-19H2,1H3,(H,28,32). The number of piperazine rings is 1. The molecular weight excluding hydrogens is 405 g/mol. The number of nitrogens with zero attached hydrogens (tertiary/aromatic N) is 2. The van der Waals surface area contributed by atoms with Crippen LogP contribution in [0.15, 0.2) is 24.3 Å². The van der Waals surface area contributed by atoms with E-state index >= 15 is 0 Å². The van der Waals surface area contributed by atoms with Crippen molar-refractivity contribution in [2.24, 2.45) is 5.92 Å². The van der Waals surface area contributed by atoms with Crippen molar-refractivity contribution < 1.29 is 14.0 Å². The summed E-state index contributed by atoms with van der Waals surface area (Å²) >= 11 is 0. The van der Waals surface area contributed by atoms with Crippen LogP contribution in [0.4, 0.5) is 4.39 Å². The quantitative estimate of drug-likeness (QED) is 0.685. The second-order valence-corrected chi connectivity index (χ2v) is 10.0. The van der Waals surface area contributed by atoms with Crippen LogP contribution in [0.3, 0.4) is 0 Å². The molecule has 32 heavy (non-hydrogen) atoms. The topological polar surface area (TPSA) is 52.7 Å². The van der Waals surface area contributed by atoms with Gasteiger partial charge in [0.25, 0.3) is 0 Å². The zero-order valence-electron chi connectivity index (χ0n) is 19.5. The van der Waals surface area contributed by atoms with Gasteiger partial charge in [-0.3, -0.25) is 14.5 Å². The van der Waals surface area contributed by atoms with Crippen molar-refractivity contribution in [2.75, 3.05) is 19.6 Å². The van der Waals surface area contributed by atoms with E-state index in [2.05, 4.69) is 17.1 Å². The first kappa shape index (κ1) is 23.2. The zero-order valence-corrected chi connectivity index (χ0v) is 19.5. The molecule has 1 spiro atoms. The van der Waals surface area contributed by atoms with E-state index in [1.807, 2.05) is 11.0 Å². The van der Waals surface area contributed by atoms with Gasteiger partial charge < -0.3 is 10.2 Å². The molecule has 1 saturated carbocycles. The average Bonchev–Trinajstić information content (AvgIpc) is 2.80. The van der Waals surface area contributed by atoms with Gasteiger partial charge >= 0.3 is 0 Å². The van der Waals surface area contributed by atoms with Gasteiger partial charge in [-0.2, -0.15) is 0 Å². The van der Waals surface area contributed by atoms with Gasteiger partial charge in [0.05, 0.1) is 0 Å². The molecule has 0 bridgehead atoms. The number of piperidine rings is 1. The number of amides is 2. The summed E-state index contributed by atoms with van der Waals surface area (Å²) in [5.74, 6) is 0.498. The van der Waals surface area contributed by atoms with Crippen LogP contribution in [0, 0.1) is 11.7 Å². The summed E-state index contributed by atoms with van der Waals surface area (Å²) in [5.41, 5.74) is 0.216. The lowest BCUT2D eigenvalue weighted by Gasteiger charge is -2.52. The Labute approximate surface area is 191 Å². The van der Waals surface area contributed by atoms with Crippen molar-refractivity contribution in [3.8, 4) is 0 Å². The highest BCUT2D eigenvalue weighted by Crippen LogP contribution is 2.36. The van der Waals surface area contributed by atoms with Crippen LogP contribution in [-0.4, -0.2) is 52.8 Å². The predicted octanol–water partition coefficient (Wildman–Crippen LogP) is 4.26. The summed E-state index contributed by atoms with van der Waals surface area (Å²) in [7, 11) is 0. The van der Waals surface area contributed by atoms with Crippen molar-refractivity contribution in [3.63, 3.8) is 0 Å². The van der Waals surface area contributed by atoms with Crippen molar-refractivity contribution >= 4 is 11.8 Å². The van der Waals surface area contributed by atoms with Crippen molar-refractivity contribution in [2.45, 2.75) is 89.3 Å². The number of hydrogen-bond acceptors (Lipinski definition) is 3. The monoisotopic (exact) mass is 443 g/mol. The molecule has 1 aliphatic carbocycles. The summed E-state index contributed by atoms with van der Waals surface area (Å²) in [5, 5.41) is 3.15. The molecule has 2 saturated heterocycles. The Bertz CT molecular complexity index is 800. The van der Waals surface area contributed by atoms with Gasteiger partial charge in [0.1, 0.15) is 17.4 Å². The lowest BCUT2D eigenvalue weighted by atomic mass is 9.79. The predicted molar refractivity (Wildman–Crippen MR) is 123 cm³/mol. The second-order valence-electron chi connectivity index (χ2n) is 10.0. The van der Waals surface area contributed by atoms with Crippen LogP contribution >= 0.6 is 0 Å². The van der Waals surface area contributed by atoms with Gasteiger partial charge in [-0.25, -0.2) is 4.39 Å². The molecule has 176 valence electrons. The minimum atomic E-state index is -0.728. The number of benzene rings is 1. The maximum atomic E-state index is 13.6.